The number of rotatable bonds is 9. The van der Waals surface area contributed by atoms with E-state index in [0.717, 1.165) is 28.1 Å². The van der Waals surface area contributed by atoms with Crippen LogP contribution in [0.15, 0.2) is 30.1 Å². The van der Waals surface area contributed by atoms with Crippen LogP contribution in [0.4, 0.5) is 5.69 Å². The Bertz CT molecular complexity index is 1030. The molecular weight excluding hydrogens is 496 g/mol. The second-order valence-electron chi connectivity index (χ2n) is 7.75. The molecule has 2 aliphatic heterocycles. The second kappa shape index (κ2) is 10.6. The number of halogens is 1. The van der Waals surface area contributed by atoms with Crippen molar-refractivity contribution in [3.8, 4) is 0 Å². The Morgan fingerprint density at radius 2 is 2.00 bits per heavy atom. The van der Waals surface area contributed by atoms with E-state index in [0.29, 0.717) is 12.1 Å². The monoisotopic (exact) mass is 520 g/mol. The molecule has 11 nitrogen and oxygen atoms in total. The molecule has 12 heteroatoms. The van der Waals surface area contributed by atoms with Gasteiger partial charge in [0.25, 0.3) is 11.8 Å². The fraction of sp³-hybridized carbons (Fsp3) is 0.381. The van der Waals surface area contributed by atoms with E-state index in [4.69, 9.17) is 11.6 Å². The maximum absolute atomic E-state index is 13.1. The molecule has 5 amide bonds. The molecule has 0 spiro atoms. The average Bonchev–Trinajstić information content (AvgIpc) is 2.99. The Morgan fingerprint density at radius 3 is 2.70 bits per heavy atom. The molecule has 1 unspecified atom stereocenters. The Hall–Kier alpha value is -3.25. The van der Waals surface area contributed by atoms with Crippen molar-refractivity contribution in [1.82, 2.24) is 15.2 Å². The van der Waals surface area contributed by atoms with Crippen LogP contribution in [0.2, 0.25) is 0 Å². The zero-order valence-electron chi connectivity index (χ0n) is 17.8. The number of piperidine rings is 1. The molecule has 1 fully saturated rings. The number of benzene rings is 1. The Balaban J connectivity index is 1.70. The normalized spacial score (nSPS) is 18.3. The topological polar surface area (TPSA) is 168 Å². The molecule has 1 atom stereocenters. The van der Waals surface area contributed by atoms with Crippen molar-refractivity contribution >= 4 is 51.2 Å². The van der Waals surface area contributed by atoms with E-state index in [1.54, 1.807) is 0 Å². The maximum atomic E-state index is 13.1. The lowest BCUT2D eigenvalue weighted by Gasteiger charge is -2.27. The van der Waals surface area contributed by atoms with Crippen LogP contribution in [-0.2, 0) is 14.4 Å². The van der Waals surface area contributed by atoms with E-state index in [-0.39, 0.29) is 36.2 Å². The number of allylic oxidation sites excluding steroid dienone is 1. The van der Waals surface area contributed by atoms with E-state index in [1.165, 1.54) is 24.4 Å². The molecule has 1 aromatic carbocycles. The summed E-state index contributed by atoms with van der Waals surface area (Å²) in [5.41, 5.74) is 6.64. The van der Waals surface area contributed by atoms with Crippen LogP contribution >= 0.6 is 15.9 Å². The Labute approximate surface area is 198 Å². The van der Waals surface area contributed by atoms with Crippen LogP contribution in [0.3, 0.4) is 0 Å². The van der Waals surface area contributed by atoms with Gasteiger partial charge in [0, 0.05) is 23.6 Å². The Morgan fingerprint density at radius 1 is 1.24 bits per heavy atom. The van der Waals surface area contributed by atoms with E-state index >= 15 is 0 Å². The summed E-state index contributed by atoms with van der Waals surface area (Å²) in [6, 6.07) is 3.37. The molecule has 3 rings (SSSR count). The molecule has 33 heavy (non-hydrogen) atoms. The SMILES string of the molecule is N/C(=C\N(N)CC(=O)Nc1cccc2c1C(=O)N(C1CCC(=O)NC1=O)C2=O)CCCCBr. The molecule has 0 bridgehead atoms. The summed E-state index contributed by atoms with van der Waals surface area (Å²) in [5.74, 6) is 2.81. The van der Waals surface area contributed by atoms with Crippen LogP contribution in [0, 0.1) is 0 Å². The van der Waals surface area contributed by atoms with Gasteiger partial charge in [-0.25, -0.2) is 5.84 Å². The van der Waals surface area contributed by atoms with Gasteiger partial charge in [-0.15, -0.1) is 0 Å². The van der Waals surface area contributed by atoms with Crippen LogP contribution in [-0.4, -0.2) is 57.4 Å². The number of alkyl halides is 1. The van der Waals surface area contributed by atoms with E-state index in [1.807, 2.05) is 0 Å². The maximum Gasteiger partial charge on any atom is 0.264 e. The summed E-state index contributed by atoms with van der Waals surface area (Å²) in [5, 5.41) is 6.76. The number of carbonyl (C=O) groups is 5. The number of imide groups is 2. The molecule has 6 N–H and O–H groups in total. The second-order valence-corrected chi connectivity index (χ2v) is 8.54. The smallest absolute Gasteiger partial charge is 0.264 e. The first-order chi connectivity index (χ1) is 15.7. The lowest BCUT2D eigenvalue weighted by molar-refractivity contribution is -0.136. The van der Waals surface area contributed by atoms with Gasteiger partial charge in [-0.05, 0) is 37.8 Å². The van der Waals surface area contributed by atoms with Crippen LogP contribution in [0.1, 0.15) is 52.8 Å². The predicted octanol–water partition coefficient (Wildman–Crippen LogP) is 0.567. The highest BCUT2D eigenvalue weighted by molar-refractivity contribution is 9.09. The van der Waals surface area contributed by atoms with Gasteiger partial charge in [0.15, 0.2) is 0 Å². The number of nitrogens with one attached hydrogen (secondary N) is 2. The van der Waals surface area contributed by atoms with Crippen LogP contribution < -0.4 is 22.2 Å². The van der Waals surface area contributed by atoms with Crippen molar-refractivity contribution in [3.63, 3.8) is 0 Å². The van der Waals surface area contributed by atoms with Gasteiger partial charge in [-0.1, -0.05) is 22.0 Å². The third kappa shape index (κ3) is 5.57. The number of hydrogen-bond acceptors (Lipinski definition) is 8. The highest BCUT2D eigenvalue weighted by Crippen LogP contribution is 2.32. The first-order valence-corrected chi connectivity index (χ1v) is 11.5. The fourth-order valence-electron chi connectivity index (χ4n) is 3.72. The molecule has 2 aliphatic rings. The number of unbranched alkanes of at least 4 members (excludes halogenated alkanes) is 1. The molecular formula is C21H25BrN6O5. The number of fused-ring (bicyclic) bond motifs is 1. The first kappa shape index (κ1) is 24.4. The molecule has 1 saturated heterocycles. The largest absolute Gasteiger partial charge is 0.401 e. The minimum absolute atomic E-state index is 0.00560. The minimum Gasteiger partial charge on any atom is -0.401 e. The molecule has 0 saturated carbocycles. The Kier molecular flexibility index (Phi) is 7.82. The van der Waals surface area contributed by atoms with Gasteiger partial charge in [-0.3, -0.25) is 34.2 Å². The van der Waals surface area contributed by atoms with E-state index < -0.39 is 35.6 Å². The number of amides is 5. The van der Waals surface area contributed by atoms with Gasteiger partial charge in [0.1, 0.15) is 12.6 Å². The van der Waals surface area contributed by atoms with E-state index in [9.17, 15) is 24.0 Å². The number of nitrogens with zero attached hydrogens (tertiary/aromatic N) is 2. The number of carbonyl (C=O) groups excluding carboxylic acids is 5. The number of hydrazine groups is 1. The van der Waals surface area contributed by atoms with Gasteiger partial charge in [0.2, 0.25) is 17.7 Å². The summed E-state index contributed by atoms with van der Waals surface area (Å²) in [6.07, 6.45) is 4.02. The van der Waals surface area contributed by atoms with Crippen molar-refractivity contribution in [2.75, 3.05) is 17.2 Å². The predicted molar refractivity (Wildman–Crippen MR) is 123 cm³/mol. The highest BCUT2D eigenvalue weighted by atomic mass is 79.9. The van der Waals surface area contributed by atoms with Crippen molar-refractivity contribution < 1.29 is 24.0 Å². The third-order valence-electron chi connectivity index (χ3n) is 5.25. The third-order valence-corrected chi connectivity index (χ3v) is 5.81. The number of hydrogen-bond donors (Lipinski definition) is 4. The van der Waals surface area contributed by atoms with Gasteiger partial charge >= 0.3 is 0 Å². The van der Waals surface area contributed by atoms with Crippen LogP contribution in [0.25, 0.3) is 0 Å². The standard InChI is InChI=1S/C21H25BrN6O5/c22-9-2-1-4-12(23)10-27(24)11-17(30)25-14-6-3-5-13-18(14)21(33)28(20(13)32)15-7-8-16(29)26-19(15)31/h3,5-6,10,15H,1-2,4,7-9,11,23-24H2,(H,25,30)(H,26,29,31)/b12-10-. The molecule has 176 valence electrons. The average molecular weight is 521 g/mol. The van der Waals surface area contributed by atoms with Crippen molar-refractivity contribution in [2.45, 2.75) is 38.1 Å². The van der Waals surface area contributed by atoms with Crippen molar-refractivity contribution in [1.29, 1.82) is 0 Å². The van der Waals surface area contributed by atoms with Gasteiger partial charge in [-0.2, -0.15) is 0 Å². The van der Waals surface area contributed by atoms with E-state index in [2.05, 4.69) is 26.6 Å². The molecule has 0 aliphatic carbocycles. The summed E-state index contributed by atoms with van der Waals surface area (Å²) < 4.78 is 0. The van der Waals surface area contributed by atoms with Crippen LogP contribution in [0.5, 0.6) is 0 Å². The summed E-state index contributed by atoms with van der Waals surface area (Å²) in [6.45, 7) is -0.234. The first-order valence-electron chi connectivity index (χ1n) is 10.4. The molecule has 0 aromatic heterocycles. The highest BCUT2D eigenvalue weighted by Gasteiger charge is 2.45. The zero-order chi connectivity index (χ0) is 24.1. The summed E-state index contributed by atoms with van der Waals surface area (Å²) >= 11 is 3.35. The summed E-state index contributed by atoms with van der Waals surface area (Å²) in [7, 11) is 0. The number of nitrogens with two attached hydrogens (primary N) is 2. The zero-order valence-corrected chi connectivity index (χ0v) is 19.4. The summed E-state index contributed by atoms with van der Waals surface area (Å²) in [4.78, 5) is 62.9. The molecule has 2 heterocycles. The van der Waals surface area contributed by atoms with Crippen molar-refractivity contribution in [3.05, 3.63) is 41.2 Å². The van der Waals surface area contributed by atoms with Gasteiger partial charge in [0.05, 0.1) is 16.8 Å². The fourth-order valence-corrected chi connectivity index (χ4v) is 4.12. The quantitative estimate of drug-likeness (QED) is 0.120. The molecule has 1 aromatic rings. The van der Waals surface area contributed by atoms with Gasteiger partial charge < -0.3 is 16.1 Å². The lowest BCUT2D eigenvalue weighted by Crippen LogP contribution is -2.54. The number of anilines is 1. The lowest BCUT2D eigenvalue weighted by atomic mass is 10.0. The molecule has 0 radical (unpaired) electrons. The van der Waals surface area contributed by atoms with Crippen molar-refractivity contribution in [2.24, 2.45) is 11.6 Å². The minimum atomic E-state index is -1.09.